The molecule has 3 atom stereocenters. The van der Waals surface area contributed by atoms with Crippen molar-refractivity contribution in [3.63, 3.8) is 0 Å². The minimum absolute atomic E-state index is 0.114. The van der Waals surface area contributed by atoms with Gasteiger partial charge >= 0.3 is 5.97 Å². The van der Waals surface area contributed by atoms with Crippen LogP contribution in [-0.2, 0) is 15.6 Å². The Hall–Kier alpha value is -0.380. The van der Waals surface area contributed by atoms with Gasteiger partial charge in [0.25, 0.3) is 0 Å². The molecule has 0 aromatic carbocycles. The Kier molecular flexibility index (Phi) is 3.91. The van der Waals surface area contributed by atoms with E-state index in [1.807, 2.05) is 0 Å². The SMILES string of the molecule is CC1CCCC(S(=O)CC2(CC(=O)O)CC2)C1. The third kappa shape index (κ3) is 3.54. The first-order valence-electron chi connectivity index (χ1n) is 6.60. The summed E-state index contributed by atoms with van der Waals surface area (Å²) in [6.07, 6.45) is 6.69. The summed E-state index contributed by atoms with van der Waals surface area (Å²) in [4.78, 5) is 10.8. The second-order valence-corrected chi connectivity index (χ2v) is 7.71. The summed E-state index contributed by atoms with van der Waals surface area (Å²) >= 11 is 0. The lowest BCUT2D eigenvalue weighted by molar-refractivity contribution is -0.138. The highest BCUT2D eigenvalue weighted by Crippen LogP contribution is 2.50. The summed E-state index contributed by atoms with van der Waals surface area (Å²) in [7, 11) is -0.814. The van der Waals surface area contributed by atoms with Crippen LogP contribution in [-0.4, -0.2) is 26.3 Å². The molecule has 2 fully saturated rings. The standard InChI is InChI=1S/C13H22O3S/c1-10-3-2-4-11(7-10)17(16)9-13(5-6-13)8-12(14)15/h10-11H,2-9H2,1H3,(H,14,15). The van der Waals surface area contributed by atoms with Crippen LogP contribution in [0.1, 0.15) is 51.9 Å². The summed E-state index contributed by atoms with van der Waals surface area (Å²) in [6.45, 7) is 2.23. The molecule has 3 nitrogen and oxygen atoms in total. The van der Waals surface area contributed by atoms with E-state index in [2.05, 4.69) is 6.92 Å². The number of aliphatic carboxylic acids is 1. The van der Waals surface area contributed by atoms with Gasteiger partial charge in [0.2, 0.25) is 0 Å². The molecule has 0 amide bonds. The van der Waals surface area contributed by atoms with Crippen molar-refractivity contribution in [2.24, 2.45) is 11.3 Å². The molecule has 0 heterocycles. The van der Waals surface area contributed by atoms with Gasteiger partial charge in [0.1, 0.15) is 0 Å². The summed E-state index contributed by atoms with van der Waals surface area (Å²) in [5.41, 5.74) is -0.114. The first-order chi connectivity index (χ1) is 8.01. The van der Waals surface area contributed by atoms with E-state index in [-0.39, 0.29) is 11.8 Å². The molecule has 0 radical (unpaired) electrons. The molecular weight excluding hydrogens is 236 g/mol. The topological polar surface area (TPSA) is 54.4 Å². The van der Waals surface area contributed by atoms with E-state index < -0.39 is 16.8 Å². The van der Waals surface area contributed by atoms with Crippen LogP contribution in [0.5, 0.6) is 0 Å². The minimum Gasteiger partial charge on any atom is -0.481 e. The molecule has 0 aromatic rings. The van der Waals surface area contributed by atoms with Crippen LogP contribution in [0.2, 0.25) is 0 Å². The minimum atomic E-state index is -0.814. The molecule has 17 heavy (non-hydrogen) atoms. The van der Waals surface area contributed by atoms with Gasteiger partial charge < -0.3 is 5.11 Å². The zero-order chi connectivity index (χ0) is 12.5. The maximum absolute atomic E-state index is 12.3. The zero-order valence-corrected chi connectivity index (χ0v) is 11.3. The second kappa shape index (κ2) is 5.09. The van der Waals surface area contributed by atoms with Crippen LogP contribution in [0.3, 0.4) is 0 Å². The third-order valence-electron chi connectivity index (χ3n) is 4.19. The quantitative estimate of drug-likeness (QED) is 0.824. The van der Waals surface area contributed by atoms with Crippen molar-refractivity contribution < 1.29 is 14.1 Å². The Bertz CT molecular complexity index is 323. The molecule has 0 aliphatic heterocycles. The fourth-order valence-corrected chi connectivity index (χ4v) is 5.11. The zero-order valence-electron chi connectivity index (χ0n) is 10.5. The lowest BCUT2D eigenvalue weighted by atomic mass is 9.91. The van der Waals surface area contributed by atoms with Gasteiger partial charge in [0, 0.05) is 21.8 Å². The summed E-state index contributed by atoms with van der Waals surface area (Å²) in [5.74, 6) is 0.570. The van der Waals surface area contributed by atoms with Crippen molar-refractivity contribution in [2.75, 3.05) is 5.75 Å². The van der Waals surface area contributed by atoms with Crippen molar-refractivity contribution in [3.05, 3.63) is 0 Å². The molecule has 1 N–H and O–H groups in total. The molecule has 0 bridgehead atoms. The first kappa shape index (κ1) is 13.1. The highest BCUT2D eigenvalue weighted by atomic mass is 32.2. The predicted octanol–water partition coefficient (Wildman–Crippen LogP) is 2.57. The maximum Gasteiger partial charge on any atom is 0.303 e. The highest BCUT2D eigenvalue weighted by molar-refractivity contribution is 7.85. The largest absolute Gasteiger partial charge is 0.481 e. The molecule has 0 saturated heterocycles. The van der Waals surface area contributed by atoms with Crippen molar-refractivity contribution in [3.8, 4) is 0 Å². The number of hydrogen-bond acceptors (Lipinski definition) is 2. The maximum atomic E-state index is 12.3. The van der Waals surface area contributed by atoms with Crippen molar-refractivity contribution in [2.45, 2.75) is 57.1 Å². The molecule has 3 unspecified atom stereocenters. The molecule has 98 valence electrons. The van der Waals surface area contributed by atoms with E-state index in [1.165, 1.54) is 12.8 Å². The van der Waals surface area contributed by atoms with Crippen molar-refractivity contribution >= 4 is 16.8 Å². The second-order valence-electron chi connectivity index (χ2n) is 5.99. The Balaban J connectivity index is 1.86. The normalized spacial score (nSPS) is 33.0. The lowest BCUT2D eigenvalue weighted by Crippen LogP contribution is -2.28. The number of carbonyl (C=O) groups is 1. The lowest BCUT2D eigenvalue weighted by Gasteiger charge is -2.27. The number of rotatable bonds is 5. The molecule has 2 aliphatic rings. The number of carboxylic acid groups (broad SMARTS) is 1. The van der Waals surface area contributed by atoms with Gasteiger partial charge in [-0.2, -0.15) is 0 Å². The summed E-state index contributed by atoms with van der Waals surface area (Å²) in [6, 6.07) is 0. The fourth-order valence-electron chi connectivity index (χ4n) is 2.91. The first-order valence-corrected chi connectivity index (χ1v) is 7.98. The van der Waals surface area contributed by atoms with Crippen molar-refractivity contribution in [1.82, 2.24) is 0 Å². The Morgan fingerprint density at radius 3 is 2.65 bits per heavy atom. The van der Waals surface area contributed by atoms with E-state index in [1.54, 1.807) is 0 Å². The molecule has 2 rings (SSSR count). The molecular formula is C13H22O3S. The molecule has 2 saturated carbocycles. The average Bonchev–Trinajstić information content (AvgIpc) is 2.96. The van der Waals surface area contributed by atoms with Gasteiger partial charge in [-0.3, -0.25) is 9.00 Å². The predicted molar refractivity (Wildman–Crippen MR) is 68.3 cm³/mol. The molecule has 0 spiro atoms. The Morgan fingerprint density at radius 2 is 2.12 bits per heavy atom. The van der Waals surface area contributed by atoms with E-state index in [0.717, 1.165) is 25.7 Å². The van der Waals surface area contributed by atoms with Crippen LogP contribution in [0.4, 0.5) is 0 Å². The summed E-state index contributed by atoms with van der Waals surface area (Å²) < 4.78 is 12.3. The Morgan fingerprint density at radius 1 is 1.41 bits per heavy atom. The van der Waals surface area contributed by atoms with Crippen molar-refractivity contribution in [1.29, 1.82) is 0 Å². The van der Waals surface area contributed by atoms with E-state index in [9.17, 15) is 9.00 Å². The van der Waals surface area contributed by atoms with Gasteiger partial charge in [-0.05, 0) is 37.0 Å². The monoisotopic (exact) mass is 258 g/mol. The Labute approximate surface area is 105 Å². The number of hydrogen-bond donors (Lipinski definition) is 1. The van der Waals surface area contributed by atoms with E-state index in [0.29, 0.717) is 16.9 Å². The third-order valence-corrected chi connectivity index (χ3v) is 6.26. The average molecular weight is 258 g/mol. The van der Waals surface area contributed by atoms with Crippen LogP contribution < -0.4 is 0 Å². The molecule has 2 aliphatic carbocycles. The molecule has 4 heteroatoms. The highest BCUT2D eigenvalue weighted by Gasteiger charge is 2.46. The van der Waals surface area contributed by atoms with Gasteiger partial charge in [-0.1, -0.05) is 19.8 Å². The van der Waals surface area contributed by atoms with Crippen LogP contribution in [0, 0.1) is 11.3 Å². The fraction of sp³-hybridized carbons (Fsp3) is 0.923. The van der Waals surface area contributed by atoms with Crippen LogP contribution >= 0.6 is 0 Å². The van der Waals surface area contributed by atoms with Gasteiger partial charge in [-0.15, -0.1) is 0 Å². The summed E-state index contributed by atoms with van der Waals surface area (Å²) in [5, 5.41) is 9.18. The van der Waals surface area contributed by atoms with Gasteiger partial charge in [0.15, 0.2) is 0 Å². The van der Waals surface area contributed by atoms with E-state index in [4.69, 9.17) is 5.11 Å². The molecule has 0 aromatic heterocycles. The van der Waals surface area contributed by atoms with E-state index >= 15 is 0 Å². The van der Waals surface area contributed by atoms with Gasteiger partial charge in [-0.25, -0.2) is 0 Å². The van der Waals surface area contributed by atoms with Gasteiger partial charge in [0.05, 0.1) is 6.42 Å². The smallest absolute Gasteiger partial charge is 0.303 e. The number of carboxylic acids is 1. The van der Waals surface area contributed by atoms with Crippen LogP contribution in [0.25, 0.3) is 0 Å². The van der Waals surface area contributed by atoms with Crippen LogP contribution in [0.15, 0.2) is 0 Å².